The van der Waals surface area contributed by atoms with E-state index in [1.807, 2.05) is 0 Å². The van der Waals surface area contributed by atoms with Crippen molar-refractivity contribution in [3.05, 3.63) is 29.8 Å². The van der Waals surface area contributed by atoms with Crippen molar-refractivity contribution in [1.82, 2.24) is 0 Å². The Morgan fingerprint density at radius 2 is 1.81 bits per heavy atom. The molecule has 0 saturated heterocycles. The van der Waals surface area contributed by atoms with Gasteiger partial charge in [0.15, 0.2) is 5.78 Å². The van der Waals surface area contributed by atoms with Gasteiger partial charge in [0.25, 0.3) is 0 Å². The topological polar surface area (TPSA) is 99.1 Å². The van der Waals surface area contributed by atoms with Crippen LogP contribution in [0.3, 0.4) is 0 Å². The first-order valence-corrected chi connectivity index (χ1v) is 8.99. The Morgan fingerprint density at radius 3 is 2.41 bits per heavy atom. The molecule has 148 valence electrons. The standard InChI is InChI=1S/C20H26O7/c1-5-26-18(22)16-14(21)11-20(3,24)17(19(23)27-6-2)15(16)12-8-7-9-13(10-12)25-4/h7-10,15-17,24H,5-6,11H2,1-4H3/t15-,16+,17-,20-/m1/s1. The molecule has 4 atom stereocenters. The summed E-state index contributed by atoms with van der Waals surface area (Å²) in [4.78, 5) is 38.0. The van der Waals surface area contributed by atoms with Gasteiger partial charge in [-0.1, -0.05) is 12.1 Å². The summed E-state index contributed by atoms with van der Waals surface area (Å²) in [6.45, 7) is 4.94. The Kier molecular flexibility index (Phi) is 6.59. The molecule has 1 aromatic carbocycles. The van der Waals surface area contributed by atoms with Gasteiger partial charge < -0.3 is 19.3 Å². The van der Waals surface area contributed by atoms with Crippen LogP contribution in [0.5, 0.6) is 5.75 Å². The Hall–Kier alpha value is -2.41. The lowest BCUT2D eigenvalue weighted by molar-refractivity contribution is -0.172. The molecule has 1 saturated carbocycles. The SMILES string of the molecule is CCOC(=O)[C@H]1C(=O)C[C@@](C)(O)[C@@H](C(=O)OCC)[C@@H]1c1cccc(OC)c1. The first kappa shape index (κ1) is 20.9. The van der Waals surface area contributed by atoms with Crippen LogP contribution >= 0.6 is 0 Å². The molecule has 0 heterocycles. The maximum Gasteiger partial charge on any atom is 0.317 e. The van der Waals surface area contributed by atoms with Crippen molar-refractivity contribution in [1.29, 1.82) is 0 Å². The summed E-state index contributed by atoms with van der Waals surface area (Å²) in [5.41, 5.74) is -1.13. The summed E-state index contributed by atoms with van der Waals surface area (Å²) in [6.07, 6.45) is -0.333. The summed E-state index contributed by atoms with van der Waals surface area (Å²) in [5.74, 6) is -4.54. The van der Waals surface area contributed by atoms with E-state index < -0.39 is 41.1 Å². The molecule has 1 fully saturated rings. The fraction of sp³-hybridized carbons (Fsp3) is 0.550. The van der Waals surface area contributed by atoms with E-state index in [1.165, 1.54) is 14.0 Å². The number of ketones is 1. The van der Waals surface area contributed by atoms with Crippen LogP contribution < -0.4 is 4.74 Å². The number of benzene rings is 1. The van der Waals surface area contributed by atoms with E-state index in [2.05, 4.69) is 0 Å². The van der Waals surface area contributed by atoms with Gasteiger partial charge in [0.1, 0.15) is 11.7 Å². The smallest absolute Gasteiger partial charge is 0.317 e. The van der Waals surface area contributed by atoms with Crippen LogP contribution in [0.25, 0.3) is 0 Å². The number of carbonyl (C=O) groups excluding carboxylic acids is 3. The van der Waals surface area contributed by atoms with Gasteiger partial charge in [0.05, 0.1) is 31.8 Å². The number of ether oxygens (including phenoxy) is 3. The quantitative estimate of drug-likeness (QED) is 0.596. The number of Topliss-reactive ketones (excluding diaryl/α,β-unsaturated/α-hetero) is 1. The summed E-state index contributed by atoms with van der Waals surface area (Å²) < 4.78 is 15.5. The van der Waals surface area contributed by atoms with E-state index in [9.17, 15) is 19.5 Å². The summed E-state index contributed by atoms with van der Waals surface area (Å²) in [7, 11) is 1.49. The zero-order chi connectivity index (χ0) is 20.2. The van der Waals surface area contributed by atoms with Crippen LogP contribution in [-0.2, 0) is 23.9 Å². The fourth-order valence-electron chi connectivity index (χ4n) is 3.73. The van der Waals surface area contributed by atoms with Crippen molar-refractivity contribution in [2.45, 2.75) is 38.7 Å². The van der Waals surface area contributed by atoms with Gasteiger partial charge in [-0.15, -0.1) is 0 Å². The second-order valence-electron chi connectivity index (χ2n) is 6.76. The molecule has 1 aliphatic rings. The minimum Gasteiger partial charge on any atom is -0.497 e. The average molecular weight is 378 g/mol. The maximum absolute atomic E-state index is 12.7. The minimum atomic E-state index is -1.65. The number of carbonyl (C=O) groups is 3. The third kappa shape index (κ3) is 4.30. The molecule has 0 aliphatic heterocycles. The highest BCUT2D eigenvalue weighted by atomic mass is 16.5. The highest BCUT2D eigenvalue weighted by molar-refractivity contribution is 6.02. The Balaban J connectivity index is 2.63. The highest BCUT2D eigenvalue weighted by Gasteiger charge is 2.57. The number of hydrogen-bond acceptors (Lipinski definition) is 7. The van der Waals surface area contributed by atoms with Gasteiger partial charge >= 0.3 is 11.9 Å². The third-order valence-electron chi connectivity index (χ3n) is 4.83. The number of rotatable bonds is 6. The van der Waals surface area contributed by atoms with Gasteiger partial charge in [0, 0.05) is 12.3 Å². The highest BCUT2D eigenvalue weighted by Crippen LogP contribution is 2.47. The Bertz CT molecular complexity index is 710. The van der Waals surface area contributed by atoms with Crippen LogP contribution in [0.1, 0.15) is 38.7 Å². The summed E-state index contributed by atoms with van der Waals surface area (Å²) in [5, 5.41) is 10.9. The molecule has 2 rings (SSSR count). The summed E-state index contributed by atoms with van der Waals surface area (Å²) >= 11 is 0. The van der Waals surface area contributed by atoms with Crippen LogP contribution in [0.15, 0.2) is 24.3 Å². The molecule has 0 radical (unpaired) electrons. The maximum atomic E-state index is 12.7. The lowest BCUT2D eigenvalue weighted by Gasteiger charge is -2.43. The lowest BCUT2D eigenvalue weighted by atomic mass is 9.61. The van der Waals surface area contributed by atoms with Crippen molar-refractivity contribution in [2.75, 3.05) is 20.3 Å². The second-order valence-corrected chi connectivity index (χ2v) is 6.76. The molecule has 7 nitrogen and oxygen atoms in total. The Morgan fingerprint density at radius 1 is 1.19 bits per heavy atom. The number of methoxy groups -OCH3 is 1. The first-order chi connectivity index (χ1) is 12.8. The minimum absolute atomic E-state index is 0.105. The van der Waals surface area contributed by atoms with Gasteiger partial charge in [0.2, 0.25) is 0 Å². The van der Waals surface area contributed by atoms with Crippen molar-refractivity contribution in [3.63, 3.8) is 0 Å². The molecular weight excluding hydrogens is 352 g/mol. The molecule has 0 spiro atoms. The lowest BCUT2D eigenvalue weighted by Crippen LogP contribution is -2.55. The molecule has 1 N–H and O–H groups in total. The molecule has 0 bridgehead atoms. The van der Waals surface area contributed by atoms with E-state index in [-0.39, 0.29) is 19.6 Å². The number of aliphatic hydroxyl groups is 1. The molecule has 1 aliphatic carbocycles. The fourth-order valence-corrected chi connectivity index (χ4v) is 3.73. The predicted molar refractivity (Wildman–Crippen MR) is 96.2 cm³/mol. The molecule has 1 aromatic rings. The molecule has 0 unspecified atom stereocenters. The van der Waals surface area contributed by atoms with Crippen molar-refractivity contribution in [2.24, 2.45) is 11.8 Å². The van der Waals surface area contributed by atoms with Crippen LogP contribution in [0.2, 0.25) is 0 Å². The average Bonchev–Trinajstić information content (AvgIpc) is 2.60. The number of hydrogen-bond donors (Lipinski definition) is 1. The molecular formula is C20H26O7. The predicted octanol–water partition coefficient (Wildman–Crippen LogP) is 1.86. The zero-order valence-electron chi connectivity index (χ0n) is 16.1. The van der Waals surface area contributed by atoms with Crippen LogP contribution in [0, 0.1) is 11.8 Å². The van der Waals surface area contributed by atoms with Gasteiger partial charge in [-0.2, -0.15) is 0 Å². The van der Waals surface area contributed by atoms with E-state index >= 15 is 0 Å². The largest absolute Gasteiger partial charge is 0.497 e. The molecule has 7 heteroatoms. The van der Waals surface area contributed by atoms with Crippen molar-refractivity contribution >= 4 is 17.7 Å². The van der Waals surface area contributed by atoms with E-state index in [4.69, 9.17) is 14.2 Å². The van der Waals surface area contributed by atoms with Crippen LogP contribution in [-0.4, -0.2) is 48.8 Å². The van der Waals surface area contributed by atoms with Crippen LogP contribution in [0.4, 0.5) is 0 Å². The van der Waals surface area contributed by atoms with Crippen molar-refractivity contribution < 1.29 is 33.7 Å². The normalized spacial score (nSPS) is 27.7. The summed E-state index contributed by atoms with van der Waals surface area (Å²) in [6, 6.07) is 6.76. The first-order valence-electron chi connectivity index (χ1n) is 8.99. The third-order valence-corrected chi connectivity index (χ3v) is 4.83. The van der Waals surface area contributed by atoms with E-state index in [0.29, 0.717) is 11.3 Å². The second kappa shape index (κ2) is 8.52. The van der Waals surface area contributed by atoms with Gasteiger partial charge in [-0.05, 0) is 38.5 Å². The zero-order valence-corrected chi connectivity index (χ0v) is 16.1. The van der Waals surface area contributed by atoms with Gasteiger partial charge in [-0.3, -0.25) is 14.4 Å². The number of esters is 2. The van der Waals surface area contributed by atoms with Crippen molar-refractivity contribution in [3.8, 4) is 5.75 Å². The Labute approximate surface area is 158 Å². The van der Waals surface area contributed by atoms with Gasteiger partial charge in [-0.25, -0.2) is 0 Å². The van der Waals surface area contributed by atoms with E-state index in [0.717, 1.165) is 0 Å². The van der Waals surface area contributed by atoms with E-state index in [1.54, 1.807) is 38.1 Å². The molecule has 0 aromatic heterocycles. The molecule has 0 amide bonds. The monoisotopic (exact) mass is 378 g/mol. The molecule has 27 heavy (non-hydrogen) atoms.